The smallest absolute Gasteiger partial charge is 0.454 e. The molecular formula is C20H31F3O2Si. The minimum atomic E-state index is -4.88. The van der Waals surface area contributed by atoms with Crippen LogP contribution in [0.2, 0.25) is 18.1 Å². The number of hydrogen-bond donors (Lipinski definition) is 0. The molecule has 0 aliphatic heterocycles. The van der Waals surface area contributed by atoms with Crippen LogP contribution in [-0.4, -0.2) is 20.3 Å². The average molecular weight is 389 g/mol. The predicted octanol–water partition coefficient (Wildman–Crippen LogP) is 7.06. The molecule has 26 heavy (non-hydrogen) atoms. The SMILES string of the molecule is CC(C)c1cc(C(=O)C(F)(F)F)cc(C(C)C)c1O[Si](C)(C)C(C)(C)C. The van der Waals surface area contributed by atoms with Crippen molar-refractivity contribution in [2.24, 2.45) is 0 Å². The Morgan fingerprint density at radius 1 is 0.962 bits per heavy atom. The average Bonchev–Trinajstić information content (AvgIpc) is 2.43. The Morgan fingerprint density at radius 2 is 1.35 bits per heavy atom. The van der Waals surface area contributed by atoms with Crippen LogP contribution in [0.1, 0.15) is 81.8 Å². The zero-order valence-corrected chi connectivity index (χ0v) is 18.3. The molecule has 0 aliphatic carbocycles. The Morgan fingerprint density at radius 3 is 1.62 bits per heavy atom. The molecule has 1 rings (SSSR count). The summed E-state index contributed by atoms with van der Waals surface area (Å²) in [5.74, 6) is -1.28. The fourth-order valence-corrected chi connectivity index (χ4v) is 3.41. The van der Waals surface area contributed by atoms with Gasteiger partial charge in [0.1, 0.15) is 5.75 Å². The topological polar surface area (TPSA) is 26.3 Å². The Bertz CT molecular complexity index is 640. The van der Waals surface area contributed by atoms with Crippen LogP contribution < -0.4 is 4.43 Å². The van der Waals surface area contributed by atoms with Gasteiger partial charge in [-0.05, 0) is 53.2 Å². The molecule has 0 saturated heterocycles. The molecule has 148 valence electrons. The van der Waals surface area contributed by atoms with Crippen LogP contribution in [0, 0.1) is 0 Å². The van der Waals surface area contributed by atoms with Gasteiger partial charge >= 0.3 is 6.18 Å². The highest BCUT2D eigenvalue weighted by Gasteiger charge is 2.42. The zero-order valence-electron chi connectivity index (χ0n) is 17.3. The van der Waals surface area contributed by atoms with Crippen LogP contribution >= 0.6 is 0 Å². The van der Waals surface area contributed by atoms with E-state index in [1.165, 1.54) is 12.1 Å². The van der Waals surface area contributed by atoms with Crippen molar-refractivity contribution in [3.8, 4) is 5.75 Å². The quantitative estimate of drug-likeness (QED) is 0.398. The van der Waals surface area contributed by atoms with E-state index in [0.29, 0.717) is 16.9 Å². The van der Waals surface area contributed by atoms with E-state index in [1.54, 1.807) is 0 Å². The van der Waals surface area contributed by atoms with Crippen molar-refractivity contribution < 1.29 is 22.4 Å². The second-order valence-corrected chi connectivity index (χ2v) is 13.7. The summed E-state index contributed by atoms with van der Waals surface area (Å²) in [4.78, 5) is 11.8. The van der Waals surface area contributed by atoms with Gasteiger partial charge in [-0.2, -0.15) is 13.2 Å². The normalized spacial score (nSPS) is 13.5. The third kappa shape index (κ3) is 4.90. The number of benzene rings is 1. The number of halogens is 3. The predicted molar refractivity (Wildman–Crippen MR) is 103 cm³/mol. The molecule has 1 aromatic carbocycles. The van der Waals surface area contributed by atoms with Crippen molar-refractivity contribution in [3.63, 3.8) is 0 Å². The van der Waals surface area contributed by atoms with Crippen LogP contribution in [0.25, 0.3) is 0 Å². The Hall–Kier alpha value is -1.30. The van der Waals surface area contributed by atoms with Gasteiger partial charge in [-0.1, -0.05) is 48.5 Å². The second-order valence-electron chi connectivity index (χ2n) is 8.98. The molecule has 0 radical (unpaired) electrons. The van der Waals surface area contributed by atoms with E-state index in [1.807, 2.05) is 27.7 Å². The van der Waals surface area contributed by atoms with E-state index in [9.17, 15) is 18.0 Å². The first-order chi connectivity index (χ1) is 11.5. The van der Waals surface area contributed by atoms with Gasteiger partial charge in [0.2, 0.25) is 0 Å². The van der Waals surface area contributed by atoms with E-state index < -0.39 is 20.3 Å². The molecule has 0 spiro atoms. The molecule has 0 aromatic heterocycles. The molecule has 2 nitrogen and oxygen atoms in total. The Labute approximate surface area is 156 Å². The molecule has 0 unspecified atom stereocenters. The first kappa shape index (κ1) is 22.7. The van der Waals surface area contributed by atoms with E-state index in [-0.39, 0.29) is 22.4 Å². The molecule has 0 heterocycles. The van der Waals surface area contributed by atoms with Crippen molar-refractivity contribution in [2.45, 2.75) is 84.6 Å². The lowest BCUT2D eigenvalue weighted by Crippen LogP contribution is -2.44. The number of Topliss-reactive ketones (excluding diaryl/α,β-unsaturated/α-hetero) is 1. The van der Waals surface area contributed by atoms with Crippen molar-refractivity contribution >= 4 is 14.1 Å². The molecular weight excluding hydrogens is 357 g/mol. The van der Waals surface area contributed by atoms with Gasteiger partial charge in [0.15, 0.2) is 0 Å². The second kappa shape index (κ2) is 7.37. The van der Waals surface area contributed by atoms with Gasteiger partial charge in [-0.15, -0.1) is 0 Å². The van der Waals surface area contributed by atoms with Gasteiger partial charge in [0.05, 0.1) is 0 Å². The van der Waals surface area contributed by atoms with Crippen LogP contribution in [0.15, 0.2) is 12.1 Å². The fourth-order valence-electron chi connectivity index (χ4n) is 2.35. The van der Waals surface area contributed by atoms with E-state index in [2.05, 4.69) is 33.9 Å². The van der Waals surface area contributed by atoms with Crippen molar-refractivity contribution in [1.82, 2.24) is 0 Å². The summed E-state index contributed by atoms with van der Waals surface area (Å²) in [6.07, 6.45) is -4.88. The van der Waals surface area contributed by atoms with Crippen LogP contribution in [0.3, 0.4) is 0 Å². The van der Waals surface area contributed by atoms with E-state index >= 15 is 0 Å². The summed E-state index contributed by atoms with van der Waals surface area (Å²) < 4.78 is 45.4. The highest BCUT2D eigenvalue weighted by Crippen LogP contribution is 2.43. The lowest BCUT2D eigenvalue weighted by Gasteiger charge is -2.38. The molecule has 1 aromatic rings. The highest BCUT2D eigenvalue weighted by atomic mass is 28.4. The Kier molecular flexibility index (Phi) is 6.45. The molecule has 0 N–H and O–H groups in total. The lowest BCUT2D eigenvalue weighted by atomic mass is 9.90. The van der Waals surface area contributed by atoms with Crippen LogP contribution in [0.4, 0.5) is 13.2 Å². The largest absolute Gasteiger partial charge is 0.543 e. The minimum absolute atomic E-state index is 0.0457. The molecule has 0 bridgehead atoms. The van der Waals surface area contributed by atoms with Crippen molar-refractivity contribution in [1.29, 1.82) is 0 Å². The van der Waals surface area contributed by atoms with E-state index in [4.69, 9.17) is 4.43 Å². The molecule has 6 heteroatoms. The summed E-state index contributed by atoms with van der Waals surface area (Å²) in [6.45, 7) is 18.2. The number of carbonyl (C=O) groups is 1. The summed E-state index contributed by atoms with van der Waals surface area (Å²) in [7, 11) is -2.19. The van der Waals surface area contributed by atoms with Gasteiger partial charge in [-0.25, -0.2) is 0 Å². The van der Waals surface area contributed by atoms with Gasteiger partial charge in [0.25, 0.3) is 14.1 Å². The third-order valence-corrected chi connectivity index (χ3v) is 9.40. The number of hydrogen-bond acceptors (Lipinski definition) is 2. The maximum absolute atomic E-state index is 13.0. The zero-order chi connectivity index (χ0) is 20.7. The first-order valence-electron chi connectivity index (χ1n) is 8.97. The van der Waals surface area contributed by atoms with Crippen LogP contribution in [0.5, 0.6) is 5.75 Å². The number of ketones is 1. The van der Waals surface area contributed by atoms with Crippen molar-refractivity contribution in [2.75, 3.05) is 0 Å². The number of carbonyl (C=O) groups excluding carboxylic acids is 1. The maximum Gasteiger partial charge on any atom is 0.454 e. The lowest BCUT2D eigenvalue weighted by molar-refractivity contribution is -0.0885. The summed E-state index contributed by atoms with van der Waals surface area (Å²) in [6, 6.07) is 2.71. The molecule has 0 amide bonds. The van der Waals surface area contributed by atoms with Gasteiger partial charge in [0, 0.05) is 5.56 Å². The molecule has 0 aliphatic rings. The van der Waals surface area contributed by atoms with E-state index in [0.717, 1.165) is 0 Å². The number of rotatable bonds is 5. The molecule has 0 saturated carbocycles. The summed E-state index contributed by atoms with van der Waals surface area (Å²) in [5.41, 5.74) is 1.01. The first-order valence-corrected chi connectivity index (χ1v) is 11.9. The minimum Gasteiger partial charge on any atom is -0.543 e. The molecule has 0 atom stereocenters. The molecule has 0 fully saturated rings. The van der Waals surface area contributed by atoms with Gasteiger partial charge < -0.3 is 4.43 Å². The Balaban J connectivity index is 3.67. The summed E-state index contributed by atoms with van der Waals surface area (Å²) in [5, 5.41) is -0.0457. The number of alkyl halides is 3. The summed E-state index contributed by atoms with van der Waals surface area (Å²) >= 11 is 0. The standard InChI is InChI=1S/C20H31F3O2Si/c1-12(2)15-10-14(18(24)20(21,22)23)11-16(13(3)4)17(15)25-26(8,9)19(5,6)7/h10-13H,1-9H3. The monoisotopic (exact) mass is 388 g/mol. The van der Waals surface area contributed by atoms with Gasteiger partial charge in [-0.3, -0.25) is 4.79 Å². The highest BCUT2D eigenvalue weighted by molar-refractivity contribution is 6.74. The van der Waals surface area contributed by atoms with Crippen LogP contribution in [-0.2, 0) is 0 Å². The fraction of sp³-hybridized carbons (Fsp3) is 0.650. The maximum atomic E-state index is 13.0. The third-order valence-electron chi connectivity index (χ3n) is 5.07. The van der Waals surface area contributed by atoms with Crippen molar-refractivity contribution in [3.05, 3.63) is 28.8 Å².